The summed E-state index contributed by atoms with van der Waals surface area (Å²) in [5.41, 5.74) is 2.68. The Bertz CT molecular complexity index is 576. The van der Waals surface area contributed by atoms with Crippen LogP contribution in [0.4, 0.5) is 4.79 Å². The predicted molar refractivity (Wildman–Crippen MR) is 85.7 cm³/mol. The maximum Gasteiger partial charge on any atom is 0.410 e. The van der Waals surface area contributed by atoms with Gasteiger partial charge >= 0.3 is 6.09 Å². The van der Waals surface area contributed by atoms with Crippen molar-refractivity contribution in [1.82, 2.24) is 14.9 Å². The second-order valence-corrected chi connectivity index (χ2v) is 5.56. The van der Waals surface area contributed by atoms with Crippen LogP contribution in [0.25, 0.3) is 0 Å². The highest BCUT2D eigenvalue weighted by Crippen LogP contribution is 2.33. The van der Waals surface area contributed by atoms with Gasteiger partial charge in [-0.05, 0) is 5.92 Å². The molecule has 1 aliphatic rings. The van der Waals surface area contributed by atoms with Gasteiger partial charge < -0.3 is 9.72 Å². The molecule has 1 unspecified atom stereocenters. The number of nitrogens with zero attached hydrogens (tertiary/aromatic N) is 4. The lowest BCUT2D eigenvalue weighted by Gasteiger charge is -2.36. The SMILES string of the molecule is CN=CC(COC(=O)N1CCc2[nH]cnc2C1C(C)C)=NC. The average molecular weight is 305 g/mol. The van der Waals surface area contributed by atoms with E-state index in [1.54, 1.807) is 31.5 Å². The van der Waals surface area contributed by atoms with E-state index in [1.807, 2.05) is 0 Å². The molecule has 1 aromatic heterocycles. The van der Waals surface area contributed by atoms with Gasteiger partial charge in [-0.1, -0.05) is 13.8 Å². The second-order valence-electron chi connectivity index (χ2n) is 5.56. The molecule has 2 heterocycles. The van der Waals surface area contributed by atoms with E-state index >= 15 is 0 Å². The Morgan fingerprint density at radius 2 is 2.36 bits per heavy atom. The number of hydrogen-bond donors (Lipinski definition) is 1. The Morgan fingerprint density at radius 1 is 1.59 bits per heavy atom. The molecule has 7 nitrogen and oxygen atoms in total. The summed E-state index contributed by atoms with van der Waals surface area (Å²) < 4.78 is 5.39. The molecule has 1 aliphatic heterocycles. The predicted octanol–water partition coefficient (Wildman–Crippen LogP) is 1.87. The monoisotopic (exact) mass is 305 g/mol. The highest BCUT2D eigenvalue weighted by molar-refractivity contribution is 6.31. The average Bonchev–Trinajstić information content (AvgIpc) is 2.98. The number of aliphatic imine (C=N–C) groups is 2. The molecular weight excluding hydrogens is 282 g/mol. The summed E-state index contributed by atoms with van der Waals surface area (Å²) in [6.45, 7) is 4.91. The zero-order valence-electron chi connectivity index (χ0n) is 13.5. The van der Waals surface area contributed by atoms with Crippen molar-refractivity contribution in [2.45, 2.75) is 26.3 Å². The van der Waals surface area contributed by atoms with Crippen LogP contribution in [-0.4, -0.2) is 60.1 Å². The topological polar surface area (TPSA) is 82.9 Å². The third-order valence-electron chi connectivity index (χ3n) is 3.75. The number of aromatic amines is 1. The van der Waals surface area contributed by atoms with Crippen molar-refractivity contribution in [3.63, 3.8) is 0 Å². The van der Waals surface area contributed by atoms with Crippen LogP contribution in [0.5, 0.6) is 0 Å². The molecule has 0 aliphatic carbocycles. The van der Waals surface area contributed by atoms with Crippen LogP contribution in [0.2, 0.25) is 0 Å². The van der Waals surface area contributed by atoms with E-state index in [9.17, 15) is 4.79 Å². The smallest absolute Gasteiger partial charge is 0.410 e. The van der Waals surface area contributed by atoms with Crippen LogP contribution in [0.1, 0.15) is 31.3 Å². The van der Waals surface area contributed by atoms with Crippen molar-refractivity contribution >= 4 is 18.0 Å². The van der Waals surface area contributed by atoms with Crippen LogP contribution in [0, 0.1) is 5.92 Å². The molecule has 1 aromatic rings. The lowest BCUT2D eigenvalue weighted by Crippen LogP contribution is -2.43. The quantitative estimate of drug-likeness (QED) is 0.862. The molecule has 22 heavy (non-hydrogen) atoms. The molecule has 0 saturated heterocycles. The summed E-state index contributed by atoms with van der Waals surface area (Å²) in [7, 11) is 3.31. The van der Waals surface area contributed by atoms with Gasteiger partial charge in [0.2, 0.25) is 0 Å². The number of hydrogen-bond acceptors (Lipinski definition) is 5. The number of imidazole rings is 1. The Hall–Kier alpha value is -2.18. The maximum absolute atomic E-state index is 12.4. The van der Waals surface area contributed by atoms with Gasteiger partial charge in [0.15, 0.2) is 0 Å². The largest absolute Gasteiger partial charge is 0.443 e. The Morgan fingerprint density at radius 3 is 3.00 bits per heavy atom. The summed E-state index contributed by atoms with van der Waals surface area (Å²) in [5.74, 6) is 0.256. The molecule has 120 valence electrons. The fraction of sp³-hybridized carbons (Fsp3) is 0.600. The summed E-state index contributed by atoms with van der Waals surface area (Å²) in [5, 5.41) is 0. The van der Waals surface area contributed by atoms with Crippen LogP contribution in [0.3, 0.4) is 0 Å². The zero-order chi connectivity index (χ0) is 16.1. The number of amides is 1. The number of carbonyl (C=O) groups excluding carboxylic acids is 1. The third kappa shape index (κ3) is 3.35. The number of rotatable bonds is 4. The molecule has 0 radical (unpaired) electrons. The van der Waals surface area contributed by atoms with Gasteiger partial charge in [-0.25, -0.2) is 9.78 Å². The Balaban J connectivity index is 2.09. The first-order chi connectivity index (χ1) is 10.6. The number of H-pyrrole nitrogens is 1. The molecular formula is C15H23N5O2. The van der Waals surface area contributed by atoms with Crippen LogP contribution >= 0.6 is 0 Å². The lowest BCUT2D eigenvalue weighted by molar-refractivity contribution is 0.0802. The van der Waals surface area contributed by atoms with Gasteiger partial charge in [0.1, 0.15) is 6.61 Å². The zero-order valence-corrected chi connectivity index (χ0v) is 13.5. The van der Waals surface area contributed by atoms with Crippen LogP contribution in [-0.2, 0) is 11.2 Å². The van der Waals surface area contributed by atoms with E-state index < -0.39 is 0 Å². The van der Waals surface area contributed by atoms with E-state index in [0.29, 0.717) is 12.3 Å². The van der Waals surface area contributed by atoms with Gasteiger partial charge in [-0.15, -0.1) is 0 Å². The molecule has 0 saturated carbocycles. The molecule has 7 heteroatoms. The van der Waals surface area contributed by atoms with E-state index in [4.69, 9.17) is 4.74 Å². The maximum atomic E-state index is 12.4. The highest BCUT2D eigenvalue weighted by Gasteiger charge is 2.35. The first-order valence-corrected chi connectivity index (χ1v) is 7.41. The van der Waals surface area contributed by atoms with E-state index in [0.717, 1.165) is 17.8 Å². The molecule has 0 aromatic carbocycles. The molecule has 1 atom stereocenters. The normalized spacial score (nSPS) is 18.9. The van der Waals surface area contributed by atoms with Gasteiger partial charge in [0, 0.05) is 39.0 Å². The van der Waals surface area contributed by atoms with E-state index in [-0.39, 0.29) is 24.7 Å². The standard InChI is InChI=1S/C15H23N5O2/c1-10(2)14-13-12(18-9-19-13)5-6-20(14)15(21)22-8-11(17-4)7-16-3/h7,9-10,14H,5-6,8H2,1-4H3,(H,18,19). The summed E-state index contributed by atoms with van der Waals surface area (Å²) in [6, 6.07) is -0.0654. The van der Waals surface area contributed by atoms with Gasteiger partial charge in [0.05, 0.1) is 23.8 Å². The number of carbonyl (C=O) groups is 1. The van der Waals surface area contributed by atoms with Crippen molar-refractivity contribution in [1.29, 1.82) is 0 Å². The van der Waals surface area contributed by atoms with E-state index in [1.165, 1.54) is 0 Å². The molecule has 1 N–H and O–H groups in total. The van der Waals surface area contributed by atoms with Crippen molar-refractivity contribution in [3.8, 4) is 0 Å². The number of aromatic nitrogens is 2. The molecule has 0 bridgehead atoms. The fourth-order valence-electron chi connectivity index (χ4n) is 2.71. The Labute approximate surface area is 130 Å². The fourth-order valence-corrected chi connectivity index (χ4v) is 2.71. The van der Waals surface area contributed by atoms with Crippen molar-refractivity contribution in [2.24, 2.45) is 15.9 Å². The molecule has 0 fully saturated rings. The van der Waals surface area contributed by atoms with Crippen molar-refractivity contribution in [2.75, 3.05) is 27.2 Å². The summed E-state index contributed by atoms with van der Waals surface area (Å²) in [6.07, 6.45) is 3.71. The minimum Gasteiger partial charge on any atom is -0.443 e. The summed E-state index contributed by atoms with van der Waals surface area (Å²) in [4.78, 5) is 29.6. The number of nitrogens with one attached hydrogen (secondary N) is 1. The van der Waals surface area contributed by atoms with E-state index in [2.05, 4.69) is 33.8 Å². The van der Waals surface area contributed by atoms with Crippen molar-refractivity contribution in [3.05, 3.63) is 17.7 Å². The van der Waals surface area contributed by atoms with Gasteiger partial charge in [0.25, 0.3) is 0 Å². The first kappa shape index (κ1) is 16.2. The highest BCUT2D eigenvalue weighted by atomic mass is 16.6. The van der Waals surface area contributed by atoms with Crippen LogP contribution < -0.4 is 0 Å². The first-order valence-electron chi connectivity index (χ1n) is 7.41. The molecule has 2 rings (SSSR count). The minimum absolute atomic E-state index is 0.0654. The number of fused-ring (bicyclic) bond motifs is 1. The Kier molecular flexibility index (Phi) is 5.30. The van der Waals surface area contributed by atoms with Crippen LogP contribution in [0.15, 0.2) is 16.3 Å². The van der Waals surface area contributed by atoms with Crippen molar-refractivity contribution < 1.29 is 9.53 Å². The minimum atomic E-state index is -0.335. The lowest BCUT2D eigenvalue weighted by atomic mass is 9.94. The van der Waals surface area contributed by atoms with Gasteiger partial charge in [-0.2, -0.15) is 0 Å². The van der Waals surface area contributed by atoms with Gasteiger partial charge in [-0.3, -0.25) is 14.9 Å². The number of ether oxygens (including phenoxy) is 1. The summed E-state index contributed by atoms with van der Waals surface area (Å²) >= 11 is 0. The molecule has 0 spiro atoms. The third-order valence-corrected chi connectivity index (χ3v) is 3.75. The molecule has 1 amide bonds. The second kappa shape index (κ2) is 7.20.